The molecule has 1 unspecified atom stereocenters. The maximum Gasteiger partial charge on any atom is 0.439 e. The molecule has 0 spiro atoms. The average Bonchev–Trinajstić information content (AvgIpc) is 3.57. The lowest BCUT2D eigenvalue weighted by Crippen LogP contribution is -2.46. The summed E-state index contributed by atoms with van der Waals surface area (Å²) in [5.74, 6) is 1.75. The van der Waals surface area contributed by atoms with Crippen molar-refractivity contribution in [3.8, 4) is 17.3 Å². The van der Waals surface area contributed by atoms with Crippen LogP contribution < -0.4 is 15.4 Å². The predicted molar refractivity (Wildman–Crippen MR) is 160 cm³/mol. The number of rotatable bonds is 9. The molecule has 3 aromatic heterocycles. The molecule has 222 valence electrons. The van der Waals surface area contributed by atoms with Gasteiger partial charge >= 0.3 is 5.76 Å². The highest BCUT2D eigenvalue weighted by Gasteiger charge is 2.25. The van der Waals surface area contributed by atoms with Crippen molar-refractivity contribution in [2.45, 2.75) is 32.2 Å². The third kappa shape index (κ3) is 6.05. The maximum atomic E-state index is 14.2. The van der Waals surface area contributed by atoms with Crippen molar-refractivity contribution in [1.82, 2.24) is 29.6 Å². The third-order valence-corrected chi connectivity index (χ3v) is 8.37. The second-order valence-electron chi connectivity index (χ2n) is 10.7. The Balaban J connectivity index is 1.03. The van der Waals surface area contributed by atoms with Crippen molar-refractivity contribution >= 4 is 32.8 Å². The summed E-state index contributed by atoms with van der Waals surface area (Å²) in [6, 6.07) is 16.4. The lowest BCUT2D eigenvalue weighted by molar-refractivity contribution is -0.0592. The first-order valence-electron chi connectivity index (χ1n) is 14.2. The Morgan fingerprint density at radius 1 is 1.07 bits per heavy atom. The number of H-pyrrole nitrogens is 1. The van der Waals surface area contributed by atoms with Gasteiger partial charge in [-0.1, -0.05) is 33.2 Å². The molecule has 1 atom stereocenters. The summed E-state index contributed by atoms with van der Waals surface area (Å²) >= 11 is 3.28. The van der Waals surface area contributed by atoms with Gasteiger partial charge < -0.3 is 18.9 Å². The fraction of sp³-hybridized carbons (Fsp3) is 0.333. The molecule has 1 N–H and O–H groups in total. The van der Waals surface area contributed by atoms with Crippen molar-refractivity contribution in [2.24, 2.45) is 0 Å². The Morgan fingerprint density at radius 2 is 1.93 bits per heavy atom. The zero-order valence-corrected chi connectivity index (χ0v) is 24.8. The number of benzene rings is 2. The molecule has 11 nitrogen and oxygen atoms in total. The summed E-state index contributed by atoms with van der Waals surface area (Å²) in [7, 11) is 0. The van der Waals surface area contributed by atoms with Crippen LogP contribution in [0.4, 0.5) is 10.2 Å². The molecule has 5 aromatic rings. The number of nitrogens with one attached hydrogen (secondary N) is 1. The van der Waals surface area contributed by atoms with Gasteiger partial charge in [-0.05, 0) is 42.8 Å². The van der Waals surface area contributed by atoms with Crippen LogP contribution in [0.3, 0.4) is 0 Å². The van der Waals surface area contributed by atoms with Crippen molar-refractivity contribution < 1.29 is 18.4 Å². The van der Waals surface area contributed by atoms with Crippen LogP contribution in [-0.2, 0) is 24.4 Å². The van der Waals surface area contributed by atoms with E-state index in [1.165, 1.54) is 6.07 Å². The molecule has 0 radical (unpaired) electrons. The first-order chi connectivity index (χ1) is 21.0. The lowest BCUT2D eigenvalue weighted by atomic mass is 10.1. The topological polar surface area (TPSA) is 115 Å². The summed E-state index contributed by atoms with van der Waals surface area (Å²) in [4.78, 5) is 28.4. The van der Waals surface area contributed by atoms with Crippen molar-refractivity contribution in [2.75, 3.05) is 37.7 Å². The van der Waals surface area contributed by atoms with Gasteiger partial charge in [0.05, 0.1) is 30.2 Å². The monoisotopic (exact) mass is 649 g/mol. The highest BCUT2D eigenvalue weighted by molar-refractivity contribution is 9.10. The van der Waals surface area contributed by atoms with Crippen LogP contribution in [0, 0.1) is 5.82 Å². The van der Waals surface area contributed by atoms with Gasteiger partial charge in [-0.15, -0.1) is 0 Å². The number of halogens is 2. The molecule has 5 heterocycles. The van der Waals surface area contributed by atoms with Gasteiger partial charge in [-0.25, -0.2) is 14.2 Å². The minimum Gasteiger partial charge on any atom is -0.473 e. The molecule has 0 amide bonds. The number of hydrogen-bond acceptors (Lipinski definition) is 9. The van der Waals surface area contributed by atoms with Crippen LogP contribution in [0.15, 0.2) is 68.4 Å². The third-order valence-electron chi connectivity index (χ3n) is 7.88. The minimum absolute atomic E-state index is 0.105. The van der Waals surface area contributed by atoms with E-state index in [1.807, 2.05) is 30.3 Å². The predicted octanol–water partition coefficient (Wildman–Crippen LogP) is 4.37. The largest absolute Gasteiger partial charge is 0.473 e. The number of fused-ring (bicyclic) bond motifs is 1. The zero-order valence-electron chi connectivity index (χ0n) is 23.2. The molecule has 2 aliphatic rings. The second kappa shape index (κ2) is 11.9. The van der Waals surface area contributed by atoms with Gasteiger partial charge in [-0.3, -0.25) is 14.4 Å². The summed E-state index contributed by atoms with van der Waals surface area (Å²) in [6.45, 7) is 5.57. The van der Waals surface area contributed by atoms with E-state index in [9.17, 15) is 9.18 Å². The summed E-state index contributed by atoms with van der Waals surface area (Å²) in [5.41, 5.74) is 3.08. The maximum absolute atomic E-state index is 14.2. The average molecular weight is 651 g/mol. The molecule has 43 heavy (non-hydrogen) atoms. The van der Waals surface area contributed by atoms with Crippen LogP contribution >= 0.6 is 15.9 Å². The molecule has 0 bridgehead atoms. The molecular weight excluding hydrogens is 621 g/mol. The number of nitrogens with zero attached hydrogens (tertiary/aromatic N) is 6. The van der Waals surface area contributed by atoms with E-state index in [0.717, 1.165) is 67.4 Å². The van der Waals surface area contributed by atoms with Crippen molar-refractivity contribution in [3.05, 3.63) is 86.8 Å². The first kappa shape index (κ1) is 27.7. The van der Waals surface area contributed by atoms with Crippen LogP contribution in [-0.4, -0.2) is 68.5 Å². The highest BCUT2D eigenvalue weighted by atomic mass is 79.9. The van der Waals surface area contributed by atoms with Gasteiger partial charge in [0.2, 0.25) is 5.88 Å². The number of ether oxygens (including phenoxy) is 2. The number of pyridine rings is 1. The Hall–Kier alpha value is -4.07. The van der Waals surface area contributed by atoms with E-state index in [2.05, 4.69) is 45.4 Å². The number of hydrogen-bond donors (Lipinski definition) is 1. The zero-order chi connectivity index (χ0) is 29.3. The number of piperazine rings is 1. The second-order valence-corrected chi connectivity index (χ2v) is 11.6. The molecule has 2 aliphatic heterocycles. The SMILES string of the molecule is O=c1[nH]c(-c2ccc3nc(CN4CCN(c5cccc(OCc6ccc(Br)cc6F)n5)CC4)n(CC4CCO4)c3c2)no1. The van der Waals surface area contributed by atoms with E-state index in [-0.39, 0.29) is 18.5 Å². The molecule has 13 heteroatoms. The van der Waals surface area contributed by atoms with Gasteiger partial charge in [0.15, 0.2) is 5.82 Å². The van der Waals surface area contributed by atoms with Gasteiger partial charge in [-0.2, -0.15) is 4.98 Å². The quantitative estimate of drug-likeness (QED) is 0.249. The van der Waals surface area contributed by atoms with Gasteiger partial charge in [0.1, 0.15) is 24.1 Å². The standard InChI is InChI=1S/C30H29BrFN7O4/c31-21-6-4-20(23(32)15-21)18-42-28-3-1-2-26(34-28)38-11-9-37(10-12-38)17-27-33-24-7-5-19(29-35-30(40)43-36-29)14-25(24)39(27)16-22-8-13-41-22/h1-7,14-15,22H,8-13,16-18H2,(H,35,36,40). The van der Waals surface area contributed by atoms with E-state index < -0.39 is 5.76 Å². The number of aromatic amines is 1. The van der Waals surface area contributed by atoms with E-state index in [4.69, 9.17) is 19.0 Å². The van der Waals surface area contributed by atoms with E-state index in [0.29, 0.717) is 34.8 Å². The van der Waals surface area contributed by atoms with E-state index in [1.54, 1.807) is 18.2 Å². The summed E-state index contributed by atoms with van der Waals surface area (Å²) in [5, 5.41) is 3.84. The molecule has 2 saturated heterocycles. The molecule has 0 aliphatic carbocycles. The number of anilines is 1. The normalized spacial score (nSPS) is 17.3. The van der Waals surface area contributed by atoms with Gasteiger partial charge in [0, 0.05) is 54.5 Å². The number of imidazole rings is 1. The number of aromatic nitrogens is 5. The fourth-order valence-electron chi connectivity index (χ4n) is 5.42. The molecule has 2 aromatic carbocycles. The van der Waals surface area contributed by atoms with Gasteiger partial charge in [0.25, 0.3) is 0 Å². The van der Waals surface area contributed by atoms with Crippen molar-refractivity contribution in [3.63, 3.8) is 0 Å². The Kier molecular flexibility index (Phi) is 7.68. The highest BCUT2D eigenvalue weighted by Crippen LogP contribution is 2.27. The van der Waals surface area contributed by atoms with Crippen LogP contribution in [0.1, 0.15) is 17.8 Å². The smallest absolute Gasteiger partial charge is 0.439 e. The lowest BCUT2D eigenvalue weighted by Gasteiger charge is -2.35. The van der Waals surface area contributed by atoms with Crippen molar-refractivity contribution in [1.29, 1.82) is 0 Å². The molecule has 2 fully saturated rings. The first-order valence-corrected chi connectivity index (χ1v) is 15.0. The van der Waals surface area contributed by atoms with E-state index >= 15 is 0 Å². The Labute approximate surface area is 254 Å². The Bertz CT molecular complexity index is 1810. The molecular formula is C30H29BrFN7O4. The van der Waals surface area contributed by atoms with Crippen LogP contribution in [0.2, 0.25) is 0 Å². The van der Waals surface area contributed by atoms with Crippen LogP contribution in [0.5, 0.6) is 5.88 Å². The molecule has 0 saturated carbocycles. The Morgan fingerprint density at radius 3 is 2.67 bits per heavy atom. The van der Waals surface area contributed by atoms with Crippen LogP contribution in [0.25, 0.3) is 22.4 Å². The fourth-order valence-corrected chi connectivity index (χ4v) is 5.75. The summed E-state index contributed by atoms with van der Waals surface area (Å²) < 4.78 is 33.4. The molecule has 7 rings (SSSR count). The minimum atomic E-state index is -0.586. The summed E-state index contributed by atoms with van der Waals surface area (Å²) in [6.07, 6.45) is 1.17.